The highest BCUT2D eigenvalue weighted by molar-refractivity contribution is 5.82. The molecule has 136 valence electrons. The zero-order chi connectivity index (χ0) is 17.5. The fourth-order valence-electron chi connectivity index (χ4n) is 3.93. The van der Waals surface area contributed by atoms with Crippen LogP contribution in [0.15, 0.2) is 30.3 Å². The van der Waals surface area contributed by atoms with Crippen molar-refractivity contribution in [3.05, 3.63) is 35.9 Å². The van der Waals surface area contributed by atoms with Crippen molar-refractivity contribution in [3.63, 3.8) is 0 Å². The minimum absolute atomic E-state index is 0.0150. The molecule has 1 aliphatic carbocycles. The van der Waals surface area contributed by atoms with Gasteiger partial charge >= 0.3 is 0 Å². The number of nitrogens with one attached hydrogen (secondary N) is 1. The third-order valence-electron chi connectivity index (χ3n) is 5.25. The van der Waals surface area contributed by atoms with E-state index in [1.165, 1.54) is 0 Å². The van der Waals surface area contributed by atoms with Crippen molar-refractivity contribution in [1.29, 1.82) is 0 Å². The highest BCUT2D eigenvalue weighted by Gasteiger charge is 2.38. The van der Waals surface area contributed by atoms with E-state index in [2.05, 4.69) is 5.32 Å². The molecular formula is C20H28N2O3. The molecule has 1 N–H and O–H groups in total. The number of amides is 2. The molecule has 0 unspecified atom stereocenters. The van der Waals surface area contributed by atoms with Gasteiger partial charge in [-0.25, -0.2) is 0 Å². The summed E-state index contributed by atoms with van der Waals surface area (Å²) in [7, 11) is 0. The molecule has 5 heteroatoms. The topological polar surface area (TPSA) is 58.6 Å². The molecule has 1 saturated carbocycles. The van der Waals surface area contributed by atoms with Crippen molar-refractivity contribution in [1.82, 2.24) is 10.2 Å². The van der Waals surface area contributed by atoms with Gasteiger partial charge in [0.15, 0.2) is 0 Å². The Hall–Kier alpha value is -1.88. The normalized spacial score (nSPS) is 24.5. The first-order valence-electron chi connectivity index (χ1n) is 9.44. The fraction of sp³-hybridized carbons (Fsp3) is 0.600. The number of benzene rings is 1. The van der Waals surface area contributed by atoms with Crippen LogP contribution in [0, 0.1) is 5.92 Å². The lowest BCUT2D eigenvalue weighted by Gasteiger charge is -2.33. The van der Waals surface area contributed by atoms with Gasteiger partial charge in [-0.3, -0.25) is 9.59 Å². The standard InChI is InChI=1S/C20H28N2O3/c23-19(15-25-14-16-8-3-1-4-9-16)22-13-6-2-5-12-21-20(24)17-10-7-11-18(17)22/h1,3-4,8-9,17-18H,2,5-7,10-15H2,(H,21,24)/t17-,18+/m1/s1. The first-order valence-corrected chi connectivity index (χ1v) is 9.44. The van der Waals surface area contributed by atoms with Crippen LogP contribution in [0.4, 0.5) is 0 Å². The van der Waals surface area contributed by atoms with E-state index in [4.69, 9.17) is 4.74 Å². The average Bonchev–Trinajstić information content (AvgIpc) is 3.11. The van der Waals surface area contributed by atoms with Gasteiger partial charge in [0.05, 0.1) is 12.5 Å². The lowest BCUT2D eigenvalue weighted by Crippen LogP contribution is -2.49. The summed E-state index contributed by atoms with van der Waals surface area (Å²) in [6.07, 6.45) is 5.82. The maximum atomic E-state index is 12.8. The summed E-state index contributed by atoms with van der Waals surface area (Å²) in [6, 6.07) is 9.91. The number of ether oxygens (including phenoxy) is 1. The van der Waals surface area contributed by atoms with Crippen molar-refractivity contribution < 1.29 is 14.3 Å². The zero-order valence-electron chi connectivity index (χ0n) is 14.8. The fourth-order valence-corrected chi connectivity index (χ4v) is 3.93. The molecule has 2 amide bonds. The second kappa shape index (κ2) is 8.99. The molecule has 0 spiro atoms. The molecule has 2 atom stereocenters. The molecule has 1 aromatic rings. The number of hydrogen-bond acceptors (Lipinski definition) is 3. The summed E-state index contributed by atoms with van der Waals surface area (Å²) in [5, 5.41) is 3.04. The number of rotatable bonds is 4. The van der Waals surface area contributed by atoms with Crippen LogP contribution in [0.25, 0.3) is 0 Å². The number of hydrogen-bond donors (Lipinski definition) is 1. The van der Waals surface area contributed by atoms with Crippen LogP contribution in [0.1, 0.15) is 44.1 Å². The van der Waals surface area contributed by atoms with Crippen LogP contribution in [0.5, 0.6) is 0 Å². The summed E-state index contributed by atoms with van der Waals surface area (Å²) >= 11 is 0. The SMILES string of the molecule is O=C1NCCCCCN(C(=O)COCc2ccccc2)[C@H]2CCC[C@@H]12. The van der Waals surface area contributed by atoms with Crippen LogP contribution < -0.4 is 5.32 Å². The van der Waals surface area contributed by atoms with Gasteiger partial charge in [-0.15, -0.1) is 0 Å². The van der Waals surface area contributed by atoms with Gasteiger partial charge in [-0.1, -0.05) is 36.8 Å². The molecule has 5 nitrogen and oxygen atoms in total. The van der Waals surface area contributed by atoms with Gasteiger partial charge in [0, 0.05) is 19.1 Å². The van der Waals surface area contributed by atoms with Gasteiger partial charge < -0.3 is 15.0 Å². The van der Waals surface area contributed by atoms with E-state index in [0.29, 0.717) is 6.61 Å². The first-order chi connectivity index (χ1) is 12.3. The molecule has 0 aromatic heterocycles. The van der Waals surface area contributed by atoms with Gasteiger partial charge in [-0.05, 0) is 37.7 Å². The van der Waals surface area contributed by atoms with Crippen LogP contribution in [-0.2, 0) is 20.9 Å². The summed E-state index contributed by atoms with van der Waals surface area (Å²) < 4.78 is 5.65. The first kappa shape index (κ1) is 17.9. The van der Waals surface area contributed by atoms with Crippen LogP contribution in [0.3, 0.4) is 0 Å². The molecule has 25 heavy (non-hydrogen) atoms. The predicted molar refractivity (Wildman–Crippen MR) is 95.8 cm³/mol. The Bertz CT molecular complexity index is 576. The maximum absolute atomic E-state index is 12.8. The van der Waals surface area contributed by atoms with Gasteiger partial charge in [0.2, 0.25) is 11.8 Å². The van der Waals surface area contributed by atoms with Gasteiger partial charge in [0.25, 0.3) is 0 Å². The average molecular weight is 344 g/mol. The van der Waals surface area contributed by atoms with Crippen molar-refractivity contribution in [2.24, 2.45) is 5.92 Å². The van der Waals surface area contributed by atoms with E-state index in [0.717, 1.165) is 57.2 Å². The Balaban J connectivity index is 1.60. The Kier molecular flexibility index (Phi) is 6.45. The molecule has 2 aliphatic rings. The molecule has 3 rings (SSSR count). The Morgan fingerprint density at radius 3 is 2.80 bits per heavy atom. The summed E-state index contributed by atoms with van der Waals surface area (Å²) in [6.45, 7) is 2.02. The van der Waals surface area contributed by atoms with E-state index in [-0.39, 0.29) is 30.4 Å². The van der Waals surface area contributed by atoms with Crippen molar-refractivity contribution in [2.75, 3.05) is 19.7 Å². The quantitative estimate of drug-likeness (QED) is 0.913. The van der Waals surface area contributed by atoms with Crippen LogP contribution in [-0.4, -0.2) is 42.5 Å². The maximum Gasteiger partial charge on any atom is 0.248 e. The van der Waals surface area contributed by atoms with E-state index >= 15 is 0 Å². The zero-order valence-corrected chi connectivity index (χ0v) is 14.8. The lowest BCUT2D eigenvalue weighted by molar-refractivity contribution is -0.141. The summed E-state index contributed by atoms with van der Waals surface area (Å²) in [5.74, 6) is 0.0739. The molecule has 0 bridgehead atoms. The summed E-state index contributed by atoms with van der Waals surface area (Å²) in [4.78, 5) is 27.1. The second-order valence-electron chi connectivity index (χ2n) is 7.02. The smallest absolute Gasteiger partial charge is 0.248 e. The Labute approximate surface area is 149 Å². The molecule has 2 fully saturated rings. The van der Waals surface area contributed by atoms with Crippen molar-refractivity contribution >= 4 is 11.8 Å². The highest BCUT2D eigenvalue weighted by atomic mass is 16.5. The second-order valence-corrected chi connectivity index (χ2v) is 7.02. The minimum Gasteiger partial charge on any atom is -0.367 e. The van der Waals surface area contributed by atoms with E-state index in [1.54, 1.807) is 0 Å². The van der Waals surface area contributed by atoms with Gasteiger partial charge in [-0.2, -0.15) is 0 Å². The van der Waals surface area contributed by atoms with Crippen LogP contribution >= 0.6 is 0 Å². The molecule has 1 saturated heterocycles. The van der Waals surface area contributed by atoms with Crippen molar-refractivity contribution in [3.8, 4) is 0 Å². The molecule has 1 aromatic carbocycles. The number of nitrogens with zero attached hydrogens (tertiary/aromatic N) is 1. The lowest BCUT2D eigenvalue weighted by atomic mass is 9.99. The number of carbonyl (C=O) groups is 2. The Morgan fingerprint density at radius 2 is 1.96 bits per heavy atom. The monoisotopic (exact) mass is 344 g/mol. The van der Waals surface area contributed by atoms with E-state index in [1.807, 2.05) is 35.2 Å². The number of fused-ring (bicyclic) bond motifs is 1. The van der Waals surface area contributed by atoms with Crippen LogP contribution in [0.2, 0.25) is 0 Å². The van der Waals surface area contributed by atoms with Crippen molar-refractivity contribution in [2.45, 2.75) is 51.2 Å². The molecule has 0 radical (unpaired) electrons. The van der Waals surface area contributed by atoms with E-state index < -0.39 is 0 Å². The minimum atomic E-state index is -0.0591. The molecule has 1 aliphatic heterocycles. The number of carbonyl (C=O) groups excluding carboxylic acids is 2. The third-order valence-corrected chi connectivity index (χ3v) is 5.25. The largest absolute Gasteiger partial charge is 0.367 e. The third kappa shape index (κ3) is 4.82. The predicted octanol–water partition coefficient (Wildman–Crippen LogP) is 2.50. The summed E-state index contributed by atoms with van der Waals surface area (Å²) in [5.41, 5.74) is 1.06. The van der Waals surface area contributed by atoms with E-state index in [9.17, 15) is 9.59 Å². The molecule has 1 heterocycles. The van der Waals surface area contributed by atoms with Gasteiger partial charge in [0.1, 0.15) is 6.61 Å². The molecular weight excluding hydrogens is 316 g/mol. The Morgan fingerprint density at radius 1 is 1.12 bits per heavy atom. The highest BCUT2D eigenvalue weighted by Crippen LogP contribution is 2.31.